The molecule has 2 aromatic carbocycles. The molecule has 6 heteroatoms. The van der Waals surface area contributed by atoms with Crippen molar-refractivity contribution in [1.29, 1.82) is 0 Å². The van der Waals surface area contributed by atoms with Crippen LogP contribution in [0.2, 0.25) is 0 Å². The van der Waals surface area contributed by atoms with E-state index in [4.69, 9.17) is 9.47 Å². The van der Waals surface area contributed by atoms with E-state index in [1.165, 1.54) is 14.2 Å². The van der Waals surface area contributed by atoms with Crippen molar-refractivity contribution in [3.05, 3.63) is 65.7 Å². The van der Waals surface area contributed by atoms with Crippen LogP contribution in [0.5, 0.6) is 0 Å². The van der Waals surface area contributed by atoms with Crippen molar-refractivity contribution in [2.45, 2.75) is 17.9 Å². The molecule has 0 aromatic heterocycles. The number of esters is 2. The van der Waals surface area contributed by atoms with Crippen LogP contribution in [0.4, 0.5) is 5.69 Å². The second kappa shape index (κ2) is 7.00. The zero-order chi connectivity index (χ0) is 18.7. The number of fused-ring (bicyclic) bond motifs is 1. The normalized spacial score (nSPS) is 18.1. The fourth-order valence-electron chi connectivity index (χ4n) is 3.36. The first kappa shape index (κ1) is 17.7. The van der Waals surface area contributed by atoms with Gasteiger partial charge in [0, 0.05) is 5.69 Å². The highest BCUT2D eigenvalue weighted by Crippen LogP contribution is 2.39. The van der Waals surface area contributed by atoms with E-state index < -0.39 is 23.4 Å². The van der Waals surface area contributed by atoms with E-state index >= 15 is 0 Å². The Morgan fingerprint density at radius 2 is 1.54 bits per heavy atom. The summed E-state index contributed by atoms with van der Waals surface area (Å²) in [5.74, 6) is -2.59. The van der Waals surface area contributed by atoms with Gasteiger partial charge in [-0.05, 0) is 17.2 Å². The van der Waals surface area contributed by atoms with Gasteiger partial charge in [-0.3, -0.25) is 4.79 Å². The zero-order valence-electron chi connectivity index (χ0n) is 14.5. The van der Waals surface area contributed by atoms with Gasteiger partial charge in [0.15, 0.2) is 0 Å². The van der Waals surface area contributed by atoms with Crippen molar-refractivity contribution in [2.24, 2.45) is 0 Å². The average molecular weight is 353 g/mol. The SMILES string of the molecule is COC(=O)C1(C(=O)OC)CC(=O)C(c2ccccc2)c2ccccc2N1. The average Bonchev–Trinajstić information content (AvgIpc) is 2.81. The number of Topliss-reactive ketones (excluding diaryl/α,β-unsaturated/α-hetero) is 1. The van der Waals surface area contributed by atoms with E-state index in [0.717, 1.165) is 5.56 Å². The Labute approximate surface area is 151 Å². The Morgan fingerprint density at radius 1 is 0.962 bits per heavy atom. The van der Waals surface area contributed by atoms with Crippen LogP contribution in [0, 0.1) is 0 Å². The fourth-order valence-corrected chi connectivity index (χ4v) is 3.36. The number of hydrogen-bond donors (Lipinski definition) is 1. The first-order chi connectivity index (χ1) is 12.5. The Morgan fingerprint density at radius 3 is 2.15 bits per heavy atom. The number of methoxy groups -OCH3 is 2. The molecule has 0 saturated carbocycles. The van der Waals surface area contributed by atoms with Crippen LogP contribution in [0.25, 0.3) is 0 Å². The zero-order valence-corrected chi connectivity index (χ0v) is 14.5. The number of rotatable bonds is 3. The quantitative estimate of drug-likeness (QED) is 0.673. The monoisotopic (exact) mass is 353 g/mol. The molecule has 1 aliphatic rings. The smallest absolute Gasteiger partial charge is 0.343 e. The Balaban J connectivity index is 2.20. The number of carbonyl (C=O) groups excluding carboxylic acids is 3. The van der Waals surface area contributed by atoms with Crippen molar-refractivity contribution in [2.75, 3.05) is 19.5 Å². The summed E-state index contributed by atoms with van der Waals surface area (Å²) in [5.41, 5.74) is 0.0823. The van der Waals surface area contributed by atoms with Crippen LogP contribution in [-0.4, -0.2) is 37.5 Å². The molecule has 26 heavy (non-hydrogen) atoms. The minimum Gasteiger partial charge on any atom is -0.467 e. The van der Waals surface area contributed by atoms with Crippen molar-refractivity contribution >= 4 is 23.4 Å². The summed E-state index contributed by atoms with van der Waals surface area (Å²) in [6.45, 7) is 0. The minimum atomic E-state index is -1.92. The lowest BCUT2D eigenvalue weighted by molar-refractivity contribution is -0.161. The standard InChI is InChI=1S/C20H19NO5/c1-25-18(23)20(19(24)26-2)12-16(22)17(13-8-4-3-5-9-13)14-10-6-7-11-15(14)21-20/h3-11,17,21H,12H2,1-2H3. The van der Waals surface area contributed by atoms with Crippen LogP contribution >= 0.6 is 0 Å². The summed E-state index contributed by atoms with van der Waals surface area (Å²) in [7, 11) is 2.34. The predicted molar refractivity (Wildman–Crippen MR) is 94.7 cm³/mol. The number of para-hydroxylation sites is 1. The van der Waals surface area contributed by atoms with Crippen molar-refractivity contribution in [1.82, 2.24) is 0 Å². The molecule has 1 aliphatic heterocycles. The van der Waals surface area contributed by atoms with Gasteiger partial charge in [0.05, 0.1) is 26.6 Å². The molecule has 3 rings (SSSR count). The van der Waals surface area contributed by atoms with E-state index in [1.54, 1.807) is 12.1 Å². The molecule has 0 fully saturated rings. The van der Waals surface area contributed by atoms with Crippen molar-refractivity contribution < 1.29 is 23.9 Å². The third-order valence-corrected chi connectivity index (χ3v) is 4.58. The number of ketones is 1. The number of nitrogens with one attached hydrogen (secondary N) is 1. The number of benzene rings is 2. The summed E-state index contributed by atoms with van der Waals surface area (Å²) in [6.07, 6.45) is -0.374. The lowest BCUT2D eigenvalue weighted by Gasteiger charge is -2.28. The molecule has 1 unspecified atom stereocenters. The maximum Gasteiger partial charge on any atom is 0.343 e. The fraction of sp³-hybridized carbons (Fsp3) is 0.250. The summed E-state index contributed by atoms with van der Waals surface area (Å²) in [5, 5.41) is 2.93. The molecule has 0 amide bonds. The van der Waals surface area contributed by atoms with Gasteiger partial charge in [-0.25, -0.2) is 9.59 Å². The third-order valence-electron chi connectivity index (χ3n) is 4.58. The molecular weight excluding hydrogens is 334 g/mol. The Bertz CT molecular complexity index is 830. The number of carbonyl (C=O) groups is 3. The highest BCUT2D eigenvalue weighted by molar-refractivity contribution is 6.13. The van der Waals surface area contributed by atoms with E-state index in [0.29, 0.717) is 11.3 Å². The molecule has 1 heterocycles. The number of ether oxygens (including phenoxy) is 2. The van der Waals surface area contributed by atoms with Crippen LogP contribution < -0.4 is 5.32 Å². The van der Waals surface area contributed by atoms with Crippen LogP contribution in [0.15, 0.2) is 54.6 Å². The summed E-state index contributed by atoms with van der Waals surface area (Å²) >= 11 is 0. The van der Waals surface area contributed by atoms with Gasteiger partial charge in [0.25, 0.3) is 0 Å². The van der Waals surface area contributed by atoms with Gasteiger partial charge in [-0.15, -0.1) is 0 Å². The molecule has 0 saturated heterocycles. The highest BCUT2D eigenvalue weighted by atomic mass is 16.5. The van der Waals surface area contributed by atoms with Gasteiger partial charge in [0.1, 0.15) is 5.78 Å². The van der Waals surface area contributed by atoms with Crippen molar-refractivity contribution in [3.8, 4) is 0 Å². The van der Waals surface area contributed by atoms with E-state index in [1.807, 2.05) is 42.5 Å². The van der Waals surface area contributed by atoms with Gasteiger partial charge >= 0.3 is 11.9 Å². The molecule has 0 radical (unpaired) electrons. The molecule has 0 aliphatic carbocycles. The Hall–Kier alpha value is -3.15. The number of hydrogen-bond acceptors (Lipinski definition) is 6. The minimum absolute atomic E-state index is 0.274. The molecular formula is C20H19NO5. The second-order valence-electron chi connectivity index (χ2n) is 6.09. The number of anilines is 1. The van der Waals surface area contributed by atoms with Gasteiger partial charge < -0.3 is 14.8 Å². The van der Waals surface area contributed by atoms with Crippen LogP contribution in [0.1, 0.15) is 23.5 Å². The predicted octanol–water partition coefficient (Wildman–Crippen LogP) is 2.29. The maximum absolute atomic E-state index is 13.2. The van der Waals surface area contributed by atoms with Gasteiger partial charge in [0.2, 0.25) is 5.54 Å². The van der Waals surface area contributed by atoms with Crippen LogP contribution in [-0.2, 0) is 23.9 Å². The maximum atomic E-state index is 13.2. The topological polar surface area (TPSA) is 81.7 Å². The lowest BCUT2D eigenvalue weighted by atomic mass is 9.83. The molecule has 1 atom stereocenters. The van der Waals surface area contributed by atoms with E-state index in [2.05, 4.69) is 5.32 Å². The molecule has 1 N–H and O–H groups in total. The van der Waals surface area contributed by atoms with E-state index in [9.17, 15) is 14.4 Å². The molecule has 2 aromatic rings. The highest BCUT2D eigenvalue weighted by Gasteiger charge is 2.53. The molecule has 0 spiro atoms. The Kier molecular flexibility index (Phi) is 4.75. The lowest BCUT2D eigenvalue weighted by Crippen LogP contribution is -2.55. The first-order valence-electron chi connectivity index (χ1n) is 8.15. The second-order valence-corrected chi connectivity index (χ2v) is 6.09. The van der Waals surface area contributed by atoms with Crippen LogP contribution in [0.3, 0.4) is 0 Å². The van der Waals surface area contributed by atoms with Gasteiger partial charge in [-0.2, -0.15) is 0 Å². The molecule has 134 valence electrons. The third kappa shape index (κ3) is 2.83. The summed E-state index contributed by atoms with van der Waals surface area (Å²) < 4.78 is 9.64. The van der Waals surface area contributed by atoms with E-state index in [-0.39, 0.29) is 12.2 Å². The molecule has 0 bridgehead atoms. The summed E-state index contributed by atoms with van der Waals surface area (Å²) in [6, 6.07) is 16.4. The van der Waals surface area contributed by atoms with Crippen molar-refractivity contribution in [3.63, 3.8) is 0 Å². The molecule has 6 nitrogen and oxygen atoms in total. The largest absolute Gasteiger partial charge is 0.467 e. The first-order valence-corrected chi connectivity index (χ1v) is 8.15. The van der Waals surface area contributed by atoms with Gasteiger partial charge in [-0.1, -0.05) is 48.5 Å². The summed E-state index contributed by atoms with van der Waals surface area (Å²) in [4.78, 5) is 38.2.